The number of benzene rings is 5. The number of para-hydroxylation sites is 1. The van der Waals surface area contributed by atoms with Crippen molar-refractivity contribution in [1.82, 2.24) is 4.98 Å². The molecular formula is C39H30N2O. The summed E-state index contributed by atoms with van der Waals surface area (Å²) < 4.78 is 6.62. The fraction of sp³-hybridized carbons (Fsp3) is 0.103. The van der Waals surface area contributed by atoms with Crippen LogP contribution in [0.15, 0.2) is 108 Å². The van der Waals surface area contributed by atoms with Crippen molar-refractivity contribution in [2.75, 3.05) is 5.32 Å². The largest absolute Gasteiger partial charge is 0.455 e. The third kappa shape index (κ3) is 3.70. The number of fused-ring (bicyclic) bond motifs is 10. The van der Waals surface area contributed by atoms with E-state index in [0.29, 0.717) is 0 Å². The number of aromatic nitrogens is 1. The van der Waals surface area contributed by atoms with Gasteiger partial charge in [-0.05, 0) is 121 Å². The SMILES string of the molecule is Cc1cc(C)c(-c2cc3c(C)c(c2)-c2c(ccc4c2oc2ccccc24)Nc2ccc(-c4ccccn4)cc2-3)c(C)c1. The Kier molecular flexibility index (Phi) is 5.39. The zero-order chi connectivity index (χ0) is 28.5. The maximum atomic E-state index is 6.62. The summed E-state index contributed by atoms with van der Waals surface area (Å²) in [5.41, 5.74) is 18.2. The van der Waals surface area contributed by atoms with Crippen LogP contribution in [0, 0.1) is 27.7 Å². The van der Waals surface area contributed by atoms with Gasteiger partial charge in [-0.25, -0.2) is 0 Å². The number of nitrogens with zero attached hydrogens (tertiary/aromatic N) is 1. The number of anilines is 2. The van der Waals surface area contributed by atoms with E-state index in [4.69, 9.17) is 4.42 Å². The van der Waals surface area contributed by atoms with Gasteiger partial charge in [0, 0.05) is 39.3 Å². The molecule has 1 N–H and O–H groups in total. The number of hydrogen-bond donors (Lipinski definition) is 1. The smallest absolute Gasteiger partial charge is 0.145 e. The van der Waals surface area contributed by atoms with Gasteiger partial charge < -0.3 is 9.73 Å². The van der Waals surface area contributed by atoms with Crippen molar-refractivity contribution in [2.24, 2.45) is 0 Å². The average Bonchev–Trinajstić information content (AvgIpc) is 3.37. The maximum Gasteiger partial charge on any atom is 0.145 e. The number of nitrogens with one attached hydrogen (secondary N) is 1. The van der Waals surface area contributed by atoms with Crippen LogP contribution in [0.1, 0.15) is 22.3 Å². The highest BCUT2D eigenvalue weighted by atomic mass is 16.3. The van der Waals surface area contributed by atoms with Crippen LogP contribution in [-0.2, 0) is 0 Å². The van der Waals surface area contributed by atoms with Gasteiger partial charge in [-0.15, -0.1) is 0 Å². The minimum absolute atomic E-state index is 0.905. The van der Waals surface area contributed by atoms with Crippen LogP contribution in [-0.4, -0.2) is 4.98 Å². The maximum absolute atomic E-state index is 6.62. The Morgan fingerprint density at radius 2 is 1.33 bits per heavy atom. The van der Waals surface area contributed by atoms with E-state index >= 15 is 0 Å². The molecule has 8 rings (SSSR count). The molecule has 5 aromatic carbocycles. The molecule has 0 saturated carbocycles. The molecule has 3 heterocycles. The van der Waals surface area contributed by atoms with Crippen molar-refractivity contribution in [3.8, 4) is 44.6 Å². The number of pyridine rings is 1. The van der Waals surface area contributed by atoms with Gasteiger partial charge in [0.25, 0.3) is 0 Å². The van der Waals surface area contributed by atoms with E-state index < -0.39 is 0 Å². The number of aryl methyl sites for hydroxylation is 3. The summed E-state index contributed by atoms with van der Waals surface area (Å²) in [6.07, 6.45) is 1.85. The lowest BCUT2D eigenvalue weighted by Gasteiger charge is -2.25. The van der Waals surface area contributed by atoms with Gasteiger partial charge in [-0.2, -0.15) is 0 Å². The molecule has 3 heteroatoms. The first-order valence-electron chi connectivity index (χ1n) is 14.5. The molecule has 0 radical (unpaired) electrons. The minimum atomic E-state index is 0.905. The molecule has 0 unspecified atom stereocenters. The molecule has 0 spiro atoms. The summed E-state index contributed by atoms with van der Waals surface area (Å²) >= 11 is 0. The summed E-state index contributed by atoms with van der Waals surface area (Å²) in [4.78, 5) is 4.65. The molecule has 1 aliphatic rings. The molecule has 7 aromatic rings. The van der Waals surface area contributed by atoms with Gasteiger partial charge in [0.05, 0.1) is 11.4 Å². The third-order valence-electron chi connectivity index (χ3n) is 8.73. The first-order chi connectivity index (χ1) is 20.5. The summed E-state index contributed by atoms with van der Waals surface area (Å²) in [6.45, 7) is 8.86. The standard InChI is InChI=1S/C39H30N2O/c1-22-17-23(2)37(24(3)18-22)27-20-30-25(4)31(21-27)38-35(15-13-29-28-9-5-6-11-36(28)42-39(29)38)41-34-14-12-26(19-32(30)34)33-10-7-8-16-40-33/h5-21,41H,1-4H3. The molecule has 202 valence electrons. The monoisotopic (exact) mass is 542 g/mol. The topological polar surface area (TPSA) is 38.1 Å². The van der Waals surface area contributed by atoms with E-state index in [-0.39, 0.29) is 0 Å². The molecule has 0 saturated heterocycles. The molecule has 2 bridgehead atoms. The zero-order valence-corrected chi connectivity index (χ0v) is 24.2. The van der Waals surface area contributed by atoms with Crippen LogP contribution in [0.2, 0.25) is 0 Å². The Labute approximate surface area is 245 Å². The fourth-order valence-electron chi connectivity index (χ4n) is 6.91. The van der Waals surface area contributed by atoms with E-state index in [1.807, 2.05) is 24.4 Å². The summed E-state index contributed by atoms with van der Waals surface area (Å²) in [5.74, 6) is 0. The lowest BCUT2D eigenvalue weighted by molar-refractivity contribution is 0.670. The van der Waals surface area contributed by atoms with Crippen LogP contribution in [0.25, 0.3) is 66.6 Å². The Hall–Kier alpha value is -5.15. The highest BCUT2D eigenvalue weighted by Gasteiger charge is 2.25. The average molecular weight is 543 g/mol. The predicted molar refractivity (Wildman–Crippen MR) is 175 cm³/mol. The van der Waals surface area contributed by atoms with E-state index in [1.165, 1.54) is 44.5 Å². The molecule has 3 nitrogen and oxygen atoms in total. The van der Waals surface area contributed by atoms with E-state index in [9.17, 15) is 0 Å². The number of furan rings is 1. The molecule has 2 aromatic heterocycles. The van der Waals surface area contributed by atoms with Crippen LogP contribution in [0.4, 0.5) is 11.4 Å². The van der Waals surface area contributed by atoms with Gasteiger partial charge in [0.15, 0.2) is 0 Å². The van der Waals surface area contributed by atoms with Crippen molar-refractivity contribution in [1.29, 1.82) is 0 Å². The van der Waals surface area contributed by atoms with E-state index in [0.717, 1.165) is 55.7 Å². The molecular weight excluding hydrogens is 512 g/mol. The van der Waals surface area contributed by atoms with Gasteiger partial charge in [-0.1, -0.05) is 48.0 Å². The molecule has 0 aliphatic carbocycles. The highest BCUT2D eigenvalue weighted by Crippen LogP contribution is 2.49. The zero-order valence-electron chi connectivity index (χ0n) is 24.2. The van der Waals surface area contributed by atoms with Crippen molar-refractivity contribution in [3.05, 3.63) is 126 Å². The van der Waals surface area contributed by atoms with Gasteiger partial charge in [-0.3, -0.25) is 4.98 Å². The lowest BCUT2D eigenvalue weighted by Crippen LogP contribution is -2.03. The molecule has 0 atom stereocenters. The predicted octanol–water partition coefficient (Wildman–Crippen LogP) is 10.9. The Morgan fingerprint density at radius 3 is 2.14 bits per heavy atom. The molecule has 0 fully saturated rings. The van der Waals surface area contributed by atoms with Crippen LogP contribution in [0.5, 0.6) is 0 Å². The lowest BCUT2D eigenvalue weighted by atomic mass is 9.83. The van der Waals surface area contributed by atoms with Crippen LogP contribution in [0.3, 0.4) is 0 Å². The minimum Gasteiger partial charge on any atom is -0.455 e. The van der Waals surface area contributed by atoms with Crippen LogP contribution >= 0.6 is 0 Å². The van der Waals surface area contributed by atoms with Gasteiger partial charge in [0.1, 0.15) is 11.2 Å². The fourth-order valence-corrected chi connectivity index (χ4v) is 6.91. The quantitative estimate of drug-likeness (QED) is 0.236. The van der Waals surface area contributed by atoms with Crippen LogP contribution < -0.4 is 5.32 Å². The highest BCUT2D eigenvalue weighted by molar-refractivity contribution is 6.14. The van der Waals surface area contributed by atoms with Crippen molar-refractivity contribution < 1.29 is 4.42 Å². The first kappa shape index (κ1) is 24.6. The van der Waals surface area contributed by atoms with Gasteiger partial charge in [0.2, 0.25) is 0 Å². The molecule has 42 heavy (non-hydrogen) atoms. The van der Waals surface area contributed by atoms with E-state index in [2.05, 4.69) is 117 Å². The second-order valence-electron chi connectivity index (χ2n) is 11.5. The summed E-state index contributed by atoms with van der Waals surface area (Å²) in [6, 6.07) is 34.7. The summed E-state index contributed by atoms with van der Waals surface area (Å²) in [5, 5.41) is 6.07. The van der Waals surface area contributed by atoms with E-state index in [1.54, 1.807) is 0 Å². The molecule has 0 amide bonds. The first-order valence-corrected chi connectivity index (χ1v) is 14.5. The summed E-state index contributed by atoms with van der Waals surface area (Å²) in [7, 11) is 0. The normalized spacial score (nSPS) is 12.0. The number of hydrogen-bond acceptors (Lipinski definition) is 3. The van der Waals surface area contributed by atoms with Crippen molar-refractivity contribution in [3.63, 3.8) is 0 Å². The molecule has 1 aliphatic heterocycles. The Morgan fingerprint density at radius 1 is 0.595 bits per heavy atom. The van der Waals surface area contributed by atoms with Crippen molar-refractivity contribution >= 4 is 33.3 Å². The third-order valence-corrected chi connectivity index (χ3v) is 8.73. The Bertz CT molecular complexity index is 2180. The van der Waals surface area contributed by atoms with Crippen molar-refractivity contribution in [2.45, 2.75) is 27.7 Å². The second-order valence-corrected chi connectivity index (χ2v) is 11.5. The second kappa shape index (κ2) is 9.19. The van der Waals surface area contributed by atoms with Gasteiger partial charge >= 0.3 is 0 Å². The Balaban J connectivity index is 1.49. The number of rotatable bonds is 2.